The van der Waals surface area contributed by atoms with Gasteiger partial charge in [0.05, 0.1) is 4.47 Å². The molecule has 0 bridgehead atoms. The van der Waals surface area contributed by atoms with Crippen molar-refractivity contribution in [3.05, 3.63) is 33.2 Å². The molecule has 0 spiro atoms. The Bertz CT molecular complexity index is 362. The second kappa shape index (κ2) is 6.08. The highest BCUT2D eigenvalue weighted by Crippen LogP contribution is 2.03. The van der Waals surface area contributed by atoms with Crippen molar-refractivity contribution < 1.29 is 0 Å². The summed E-state index contributed by atoms with van der Waals surface area (Å²) in [6, 6.07) is 3.65. The van der Waals surface area contributed by atoms with Gasteiger partial charge >= 0.3 is 0 Å². The van der Waals surface area contributed by atoms with Gasteiger partial charge in [0.25, 0.3) is 5.56 Å². The molecule has 0 radical (unpaired) electrons. The van der Waals surface area contributed by atoms with E-state index in [1.54, 1.807) is 10.6 Å². The van der Waals surface area contributed by atoms with Gasteiger partial charge in [0.2, 0.25) is 0 Å². The standard InChI is InChI=1S/C11H17BrN2O/c1-3-13-7-9(2)8-14-6-4-5-10(12)11(14)15/h4-6,9,13H,3,7-8H2,1-2H3. The Kier molecular flexibility index (Phi) is 5.05. The molecule has 4 heteroatoms. The largest absolute Gasteiger partial charge is 0.317 e. The molecule has 1 aromatic heterocycles. The fourth-order valence-corrected chi connectivity index (χ4v) is 1.82. The van der Waals surface area contributed by atoms with Crippen LogP contribution in [0.15, 0.2) is 27.6 Å². The van der Waals surface area contributed by atoms with Crippen molar-refractivity contribution in [3.63, 3.8) is 0 Å². The number of hydrogen-bond donors (Lipinski definition) is 1. The number of nitrogens with zero attached hydrogens (tertiary/aromatic N) is 1. The van der Waals surface area contributed by atoms with Crippen LogP contribution in [0.3, 0.4) is 0 Å². The van der Waals surface area contributed by atoms with E-state index in [-0.39, 0.29) is 5.56 Å². The zero-order valence-electron chi connectivity index (χ0n) is 9.16. The zero-order valence-corrected chi connectivity index (χ0v) is 10.8. The summed E-state index contributed by atoms with van der Waals surface area (Å²) in [5.74, 6) is 0.456. The molecule has 1 heterocycles. The number of hydrogen-bond acceptors (Lipinski definition) is 2. The van der Waals surface area contributed by atoms with E-state index in [4.69, 9.17) is 0 Å². The molecule has 84 valence electrons. The highest BCUT2D eigenvalue weighted by atomic mass is 79.9. The Balaban J connectivity index is 2.64. The summed E-state index contributed by atoms with van der Waals surface area (Å²) >= 11 is 3.24. The highest BCUT2D eigenvalue weighted by Gasteiger charge is 2.05. The van der Waals surface area contributed by atoms with Crippen LogP contribution < -0.4 is 10.9 Å². The lowest BCUT2D eigenvalue weighted by Gasteiger charge is -2.13. The molecule has 0 aliphatic carbocycles. The summed E-state index contributed by atoms with van der Waals surface area (Å²) in [5.41, 5.74) is 0.0425. The van der Waals surface area contributed by atoms with Gasteiger partial charge in [-0.3, -0.25) is 4.79 Å². The highest BCUT2D eigenvalue weighted by molar-refractivity contribution is 9.10. The summed E-state index contributed by atoms with van der Waals surface area (Å²) < 4.78 is 2.37. The van der Waals surface area contributed by atoms with Crippen molar-refractivity contribution in [2.75, 3.05) is 13.1 Å². The van der Waals surface area contributed by atoms with Gasteiger partial charge in [-0.15, -0.1) is 0 Å². The van der Waals surface area contributed by atoms with Crippen LogP contribution in [-0.4, -0.2) is 17.7 Å². The predicted octanol–water partition coefficient (Wildman–Crippen LogP) is 1.86. The van der Waals surface area contributed by atoms with E-state index in [0.29, 0.717) is 10.4 Å². The van der Waals surface area contributed by atoms with Crippen molar-refractivity contribution in [1.82, 2.24) is 9.88 Å². The Morgan fingerprint density at radius 3 is 3.00 bits per heavy atom. The molecule has 0 amide bonds. The molecule has 3 nitrogen and oxygen atoms in total. The lowest BCUT2D eigenvalue weighted by molar-refractivity contribution is 0.443. The van der Waals surface area contributed by atoms with Gasteiger partial charge < -0.3 is 9.88 Å². The summed E-state index contributed by atoms with van der Waals surface area (Å²) in [4.78, 5) is 11.7. The molecule has 0 aliphatic rings. The summed E-state index contributed by atoms with van der Waals surface area (Å²) in [7, 11) is 0. The van der Waals surface area contributed by atoms with E-state index < -0.39 is 0 Å². The molecule has 0 aromatic carbocycles. The summed E-state index contributed by atoms with van der Waals surface area (Å²) in [6.07, 6.45) is 1.83. The second-order valence-corrected chi connectivity index (χ2v) is 4.58. The number of nitrogens with one attached hydrogen (secondary N) is 1. The molecule has 1 aromatic rings. The lowest BCUT2D eigenvalue weighted by Crippen LogP contribution is -2.28. The van der Waals surface area contributed by atoms with Gasteiger partial charge in [0.15, 0.2) is 0 Å². The minimum absolute atomic E-state index is 0.0425. The van der Waals surface area contributed by atoms with Crippen LogP contribution in [0.1, 0.15) is 13.8 Å². The van der Waals surface area contributed by atoms with Crippen LogP contribution >= 0.6 is 15.9 Å². The van der Waals surface area contributed by atoms with Crippen molar-refractivity contribution >= 4 is 15.9 Å². The minimum atomic E-state index is 0.0425. The fourth-order valence-electron chi connectivity index (χ4n) is 1.44. The Morgan fingerprint density at radius 1 is 1.60 bits per heavy atom. The van der Waals surface area contributed by atoms with Crippen LogP contribution in [0.5, 0.6) is 0 Å². The van der Waals surface area contributed by atoms with E-state index in [1.165, 1.54) is 0 Å². The molecule has 1 atom stereocenters. The van der Waals surface area contributed by atoms with E-state index in [2.05, 4.69) is 35.1 Å². The number of aromatic nitrogens is 1. The van der Waals surface area contributed by atoms with E-state index in [9.17, 15) is 4.79 Å². The van der Waals surface area contributed by atoms with Crippen molar-refractivity contribution in [3.8, 4) is 0 Å². The monoisotopic (exact) mass is 272 g/mol. The first-order chi connectivity index (χ1) is 7.15. The third-order valence-corrected chi connectivity index (χ3v) is 2.83. The van der Waals surface area contributed by atoms with Crippen LogP contribution in [0, 0.1) is 5.92 Å². The quantitative estimate of drug-likeness (QED) is 0.888. The molecule has 0 saturated heterocycles. The topological polar surface area (TPSA) is 34.0 Å². The number of pyridine rings is 1. The van der Waals surface area contributed by atoms with Crippen molar-refractivity contribution in [2.24, 2.45) is 5.92 Å². The maximum absolute atomic E-state index is 11.7. The van der Waals surface area contributed by atoms with Gasteiger partial charge in [-0.25, -0.2) is 0 Å². The predicted molar refractivity (Wildman–Crippen MR) is 66.1 cm³/mol. The first kappa shape index (κ1) is 12.5. The Morgan fingerprint density at radius 2 is 2.33 bits per heavy atom. The van der Waals surface area contributed by atoms with Crippen LogP contribution in [0.2, 0.25) is 0 Å². The van der Waals surface area contributed by atoms with E-state index >= 15 is 0 Å². The molecule has 1 unspecified atom stereocenters. The van der Waals surface area contributed by atoms with Gasteiger partial charge in [0.1, 0.15) is 0 Å². The van der Waals surface area contributed by atoms with Gasteiger partial charge in [0, 0.05) is 12.7 Å². The molecule has 15 heavy (non-hydrogen) atoms. The summed E-state index contributed by atoms with van der Waals surface area (Å²) in [6.45, 7) is 6.88. The molecule has 0 aliphatic heterocycles. The van der Waals surface area contributed by atoms with E-state index in [0.717, 1.165) is 19.6 Å². The van der Waals surface area contributed by atoms with E-state index in [1.807, 2.05) is 12.3 Å². The number of halogens is 1. The summed E-state index contributed by atoms with van der Waals surface area (Å²) in [5, 5.41) is 3.28. The van der Waals surface area contributed by atoms with Gasteiger partial charge in [-0.2, -0.15) is 0 Å². The van der Waals surface area contributed by atoms with Gasteiger partial charge in [-0.1, -0.05) is 13.8 Å². The van der Waals surface area contributed by atoms with Crippen LogP contribution in [-0.2, 0) is 6.54 Å². The number of rotatable bonds is 5. The molecular formula is C11H17BrN2O. The smallest absolute Gasteiger partial charge is 0.264 e. The normalized spacial score (nSPS) is 12.7. The average Bonchev–Trinajstić information content (AvgIpc) is 2.22. The third-order valence-electron chi connectivity index (χ3n) is 2.22. The zero-order chi connectivity index (χ0) is 11.3. The fraction of sp³-hybridized carbons (Fsp3) is 0.545. The maximum atomic E-state index is 11.7. The SMILES string of the molecule is CCNCC(C)Cn1cccc(Br)c1=O. The Hall–Kier alpha value is -0.610. The molecule has 0 fully saturated rings. The van der Waals surface area contributed by atoms with Crippen LogP contribution in [0.4, 0.5) is 0 Å². The minimum Gasteiger partial charge on any atom is -0.317 e. The molecular weight excluding hydrogens is 256 g/mol. The van der Waals surface area contributed by atoms with Crippen LogP contribution in [0.25, 0.3) is 0 Å². The Labute approximate surface area is 98.6 Å². The first-order valence-electron chi connectivity index (χ1n) is 5.20. The maximum Gasteiger partial charge on any atom is 0.264 e. The third kappa shape index (κ3) is 3.80. The van der Waals surface area contributed by atoms with Crippen molar-refractivity contribution in [2.45, 2.75) is 20.4 Å². The van der Waals surface area contributed by atoms with Gasteiger partial charge in [-0.05, 0) is 47.1 Å². The molecule has 1 N–H and O–H groups in total. The second-order valence-electron chi connectivity index (χ2n) is 3.73. The average molecular weight is 273 g/mol. The first-order valence-corrected chi connectivity index (χ1v) is 6.00. The molecule has 1 rings (SSSR count). The lowest BCUT2D eigenvalue weighted by atomic mass is 10.2. The molecule has 0 saturated carbocycles. The van der Waals surface area contributed by atoms with Crippen molar-refractivity contribution in [1.29, 1.82) is 0 Å².